The number of aliphatic hydroxyl groups excluding tert-OH is 2. The summed E-state index contributed by atoms with van der Waals surface area (Å²) in [6.07, 6.45) is 12.6. The maximum absolute atomic E-state index is 14.6. The molecule has 1 aliphatic carbocycles. The lowest BCUT2D eigenvalue weighted by Gasteiger charge is -2.43. The molecule has 0 aromatic carbocycles. The lowest BCUT2D eigenvalue weighted by molar-refractivity contribution is -0.266. The Kier molecular flexibility index (Phi) is 26.3. The van der Waals surface area contributed by atoms with E-state index in [4.69, 9.17) is 33.2 Å². The zero-order valence-electron chi connectivity index (χ0n) is 45.7. The number of carbonyl (C=O) groups is 5. The molecule has 1 saturated carbocycles. The van der Waals surface area contributed by atoms with Crippen LogP contribution in [0.25, 0.3) is 0 Å². The molecular weight excluding hydrogens is 939 g/mol. The third kappa shape index (κ3) is 18.1. The van der Waals surface area contributed by atoms with E-state index in [9.17, 15) is 39.3 Å². The number of hydrogen-bond donors (Lipinski definition) is 3. The molecule has 3 aliphatic heterocycles. The maximum atomic E-state index is 14.6. The number of esters is 1. The second-order valence-corrected chi connectivity index (χ2v) is 21.4. The number of Topliss-reactive ketones (excluding diaryl/α,β-unsaturated/α-hetero) is 3. The molecule has 0 radical (unpaired) electrons. The third-order valence-corrected chi connectivity index (χ3v) is 15.5. The minimum absolute atomic E-state index is 0.000424. The first kappa shape index (κ1) is 62.1. The summed E-state index contributed by atoms with van der Waals surface area (Å²) >= 11 is 0. The number of hydrogen-bond acceptors (Lipinski definition) is 15. The highest BCUT2D eigenvalue weighted by atomic mass is 16.6. The molecule has 3 fully saturated rings. The van der Waals surface area contributed by atoms with Gasteiger partial charge in [0.15, 0.2) is 5.78 Å². The molecule has 1 amide bonds. The minimum Gasteiger partial charge on any atom is -0.460 e. The number of fused-ring (bicyclic) bond motifs is 3. The number of aliphatic hydroxyl groups is 3. The van der Waals surface area contributed by atoms with Crippen molar-refractivity contribution in [1.29, 1.82) is 0 Å². The molecule has 73 heavy (non-hydrogen) atoms. The molecule has 0 aromatic rings. The summed E-state index contributed by atoms with van der Waals surface area (Å²) in [5.74, 6) is -8.09. The quantitative estimate of drug-likeness (QED) is 0.0692. The van der Waals surface area contributed by atoms with Crippen LogP contribution in [0.15, 0.2) is 47.6 Å². The Morgan fingerprint density at radius 1 is 0.836 bits per heavy atom. The Labute approximate surface area is 435 Å². The minimum atomic E-state index is -2.46. The van der Waals surface area contributed by atoms with Gasteiger partial charge in [0.05, 0.1) is 50.8 Å². The van der Waals surface area contributed by atoms with Crippen molar-refractivity contribution in [2.75, 3.05) is 53.8 Å². The number of nitrogens with zero attached hydrogens (tertiary/aromatic N) is 1. The second-order valence-electron chi connectivity index (χ2n) is 21.4. The largest absolute Gasteiger partial charge is 0.460 e. The van der Waals surface area contributed by atoms with Crippen LogP contribution >= 0.6 is 0 Å². The molecule has 15 atom stereocenters. The van der Waals surface area contributed by atoms with Crippen molar-refractivity contribution in [2.24, 2.45) is 35.5 Å². The number of cyclic esters (lactones) is 1. The summed E-state index contributed by atoms with van der Waals surface area (Å²) in [6.45, 7) is 16.2. The summed E-state index contributed by atoms with van der Waals surface area (Å²) in [7, 11) is 3.01. The van der Waals surface area contributed by atoms with Crippen LogP contribution in [-0.4, -0.2) is 158 Å². The normalized spacial score (nSPS) is 37.3. The molecule has 16 heteroatoms. The van der Waals surface area contributed by atoms with Gasteiger partial charge >= 0.3 is 5.97 Å². The van der Waals surface area contributed by atoms with Crippen LogP contribution < -0.4 is 0 Å². The number of carbonyl (C=O) groups excluding carboxylic acids is 5. The summed E-state index contributed by atoms with van der Waals surface area (Å²) in [4.78, 5) is 72.7. The van der Waals surface area contributed by atoms with Crippen LogP contribution in [0.2, 0.25) is 0 Å². The van der Waals surface area contributed by atoms with E-state index in [-0.39, 0.29) is 80.5 Å². The van der Waals surface area contributed by atoms with Crippen molar-refractivity contribution in [2.45, 2.75) is 193 Å². The van der Waals surface area contributed by atoms with Gasteiger partial charge in [-0.3, -0.25) is 19.2 Å². The number of ketones is 3. The van der Waals surface area contributed by atoms with Crippen molar-refractivity contribution in [1.82, 2.24) is 4.90 Å². The van der Waals surface area contributed by atoms with Crippen LogP contribution in [0.3, 0.4) is 0 Å². The first-order chi connectivity index (χ1) is 34.8. The highest BCUT2D eigenvalue weighted by Gasteiger charge is 2.53. The summed E-state index contributed by atoms with van der Waals surface area (Å²) in [5, 5.41) is 33.1. The number of methoxy groups -OCH3 is 2. The standard InChI is InChI=1S/C57H91NO15/c1-11-26-69-28-29-71-48-34-44-22-20-42(8)57(66,73-44)54(63)55(64)58-24-16-15-19-45(58)56(65)72-49(39(5)32-43-21-23-47(70-27-25-59)50(33-43)67-9)35-46(60)38(4)31-41(7)52(62)53(68-10)51(61)40(6)30-36(2)17-13-12-14-18-37(48)3/h12-14,17-18,31,36,38-40,42-45,47-50,52-53,59,62,66H,11,15-16,19-30,32-35H2,1-10H3/b14-12+,17-13+,37-18+,41-31+/t36-,38-,39-,40-,42-,43+,44+,45+,47-,48-,49+,50-,52-,53+,57-/m1/s1. The van der Waals surface area contributed by atoms with Gasteiger partial charge in [0, 0.05) is 58.0 Å². The van der Waals surface area contributed by atoms with E-state index in [1.165, 1.54) is 12.0 Å². The third-order valence-electron chi connectivity index (χ3n) is 15.5. The van der Waals surface area contributed by atoms with Gasteiger partial charge < -0.3 is 53.4 Å². The second kappa shape index (κ2) is 30.9. The Hall–Kier alpha value is -3.45. The zero-order chi connectivity index (χ0) is 53.8. The molecule has 3 N–H and O–H groups in total. The van der Waals surface area contributed by atoms with Crippen molar-refractivity contribution in [3.05, 3.63) is 47.6 Å². The van der Waals surface area contributed by atoms with Gasteiger partial charge in [0.1, 0.15) is 30.1 Å². The number of amides is 1. The average molecular weight is 1030 g/mol. The van der Waals surface area contributed by atoms with Crippen LogP contribution in [0, 0.1) is 35.5 Å². The maximum Gasteiger partial charge on any atom is 0.329 e. The van der Waals surface area contributed by atoms with E-state index in [0.717, 1.165) is 18.4 Å². The Bertz CT molecular complexity index is 1900. The molecule has 414 valence electrons. The van der Waals surface area contributed by atoms with Gasteiger partial charge in [-0.25, -0.2) is 4.79 Å². The van der Waals surface area contributed by atoms with E-state index in [0.29, 0.717) is 76.8 Å². The van der Waals surface area contributed by atoms with Gasteiger partial charge in [-0.1, -0.05) is 78.0 Å². The monoisotopic (exact) mass is 1030 g/mol. The first-order valence-electron chi connectivity index (χ1n) is 27.2. The zero-order valence-corrected chi connectivity index (χ0v) is 45.7. The fraction of sp³-hybridized carbons (Fsp3) is 0.772. The molecule has 4 aliphatic rings. The summed E-state index contributed by atoms with van der Waals surface area (Å²) < 4.78 is 42.0. The summed E-state index contributed by atoms with van der Waals surface area (Å²) in [5.41, 5.74) is 1.25. The molecule has 0 spiro atoms. The van der Waals surface area contributed by atoms with Gasteiger partial charge in [-0.15, -0.1) is 0 Å². The summed E-state index contributed by atoms with van der Waals surface area (Å²) in [6, 6.07) is -1.16. The number of piperidine rings is 1. The lowest BCUT2D eigenvalue weighted by Crippen LogP contribution is -2.61. The van der Waals surface area contributed by atoms with Crippen LogP contribution in [-0.2, 0) is 57.1 Å². The molecular formula is C57H91NO15. The Morgan fingerprint density at radius 2 is 1.59 bits per heavy atom. The van der Waals surface area contributed by atoms with Crippen molar-refractivity contribution in [3.8, 4) is 0 Å². The van der Waals surface area contributed by atoms with E-state index in [1.54, 1.807) is 34.0 Å². The first-order valence-corrected chi connectivity index (χ1v) is 27.2. The average Bonchev–Trinajstić information content (AvgIpc) is 3.37. The Balaban J connectivity index is 1.71. The molecule has 16 nitrogen and oxygen atoms in total. The highest BCUT2D eigenvalue weighted by molar-refractivity contribution is 6.39. The molecule has 3 heterocycles. The van der Waals surface area contributed by atoms with Crippen molar-refractivity contribution >= 4 is 29.2 Å². The number of ether oxygens (including phenoxy) is 7. The van der Waals surface area contributed by atoms with Gasteiger partial charge in [0.2, 0.25) is 5.79 Å². The molecule has 2 bridgehead atoms. The smallest absolute Gasteiger partial charge is 0.329 e. The highest BCUT2D eigenvalue weighted by Crippen LogP contribution is 2.38. The lowest BCUT2D eigenvalue weighted by atomic mass is 9.78. The van der Waals surface area contributed by atoms with E-state index in [1.807, 2.05) is 65.0 Å². The van der Waals surface area contributed by atoms with Crippen LogP contribution in [0.5, 0.6) is 0 Å². The molecule has 4 rings (SSSR count). The van der Waals surface area contributed by atoms with Crippen LogP contribution in [0.4, 0.5) is 0 Å². The van der Waals surface area contributed by atoms with E-state index in [2.05, 4.69) is 0 Å². The van der Waals surface area contributed by atoms with Gasteiger partial charge in [0.25, 0.3) is 11.7 Å². The Morgan fingerprint density at radius 3 is 2.29 bits per heavy atom. The van der Waals surface area contributed by atoms with E-state index < -0.39 is 77.8 Å². The number of rotatable bonds is 14. The topological polar surface area (TPSA) is 214 Å². The molecule has 2 saturated heterocycles. The van der Waals surface area contributed by atoms with Crippen molar-refractivity contribution < 1.29 is 72.5 Å². The van der Waals surface area contributed by atoms with Gasteiger partial charge in [-0.2, -0.15) is 0 Å². The SMILES string of the molecule is CCCOCCO[C@@H]1C[C@@H]2CC[C@@H](C)[C@@](O)(O2)C(=O)C(=O)N2CCCC[C@H]2C(=O)O[C@H]([C@H](C)C[C@@H]2CC[C@@H](OCCO)[C@H](OC)C2)CC(=O)[C@H](C)/C=C(\C)[C@@H](O)[C@@H](OC)C(=O)[C@H](C)C[C@H](C)/C=C/C=C/C=C/1C. The number of allylic oxidation sites excluding steroid dienone is 6. The van der Waals surface area contributed by atoms with E-state index >= 15 is 0 Å². The molecule has 0 aromatic heterocycles. The predicted molar refractivity (Wildman–Crippen MR) is 276 cm³/mol. The fourth-order valence-corrected chi connectivity index (χ4v) is 10.9. The fourth-order valence-electron chi connectivity index (χ4n) is 10.9. The van der Waals surface area contributed by atoms with Crippen LogP contribution in [0.1, 0.15) is 139 Å². The molecule has 0 unspecified atom stereocenters. The predicted octanol–water partition coefficient (Wildman–Crippen LogP) is 6.99. The van der Waals surface area contributed by atoms with Gasteiger partial charge in [-0.05, 0) is 113 Å². The van der Waals surface area contributed by atoms with Crippen molar-refractivity contribution in [3.63, 3.8) is 0 Å².